The van der Waals surface area contributed by atoms with E-state index in [-0.39, 0.29) is 6.04 Å². The highest BCUT2D eigenvalue weighted by Crippen LogP contribution is 2.27. The van der Waals surface area contributed by atoms with E-state index >= 15 is 0 Å². The Balaban J connectivity index is 1.81. The second kappa shape index (κ2) is 11.9. The van der Waals surface area contributed by atoms with Gasteiger partial charge in [-0.15, -0.1) is 0 Å². The van der Waals surface area contributed by atoms with Gasteiger partial charge in [0.1, 0.15) is 5.75 Å². The quantitative estimate of drug-likeness (QED) is 0.386. The number of likely N-dealkylation sites (tertiary alicyclic amines) is 1. The summed E-state index contributed by atoms with van der Waals surface area (Å²) in [6.45, 7) is 6.46. The van der Waals surface area contributed by atoms with Crippen LogP contribution in [0.3, 0.4) is 0 Å². The first-order valence-electron chi connectivity index (χ1n) is 10.5. The molecule has 6 heteroatoms. The fourth-order valence-corrected chi connectivity index (χ4v) is 3.91. The number of guanidine groups is 1. The maximum atomic E-state index is 5.55. The minimum absolute atomic E-state index is 0.198. The average Bonchev–Trinajstić information content (AvgIpc) is 2.71. The summed E-state index contributed by atoms with van der Waals surface area (Å²) in [6.07, 6.45) is 5.20. The van der Waals surface area contributed by atoms with Gasteiger partial charge in [-0.1, -0.05) is 24.6 Å². The van der Waals surface area contributed by atoms with E-state index in [1.807, 2.05) is 19.2 Å². The highest BCUT2D eigenvalue weighted by Gasteiger charge is 2.19. The normalized spacial score (nSPS) is 19.5. The van der Waals surface area contributed by atoms with Crippen LogP contribution in [0.25, 0.3) is 0 Å². The van der Waals surface area contributed by atoms with Crippen LogP contribution in [-0.4, -0.2) is 76.2 Å². The van der Waals surface area contributed by atoms with E-state index in [1.165, 1.54) is 31.4 Å². The van der Waals surface area contributed by atoms with Crippen LogP contribution >= 0.6 is 0 Å². The molecule has 2 atom stereocenters. The van der Waals surface area contributed by atoms with Crippen molar-refractivity contribution in [1.82, 2.24) is 20.4 Å². The predicted molar refractivity (Wildman–Crippen MR) is 118 cm³/mol. The van der Waals surface area contributed by atoms with Crippen LogP contribution in [0, 0.1) is 0 Å². The number of likely N-dealkylation sites (N-methyl/N-ethyl adjacent to an activating group) is 1. The van der Waals surface area contributed by atoms with Crippen LogP contribution in [0.4, 0.5) is 0 Å². The first-order chi connectivity index (χ1) is 13.6. The lowest BCUT2D eigenvalue weighted by molar-refractivity contribution is 0.159. The molecule has 1 aliphatic rings. The summed E-state index contributed by atoms with van der Waals surface area (Å²) in [6, 6.07) is 9.13. The minimum atomic E-state index is 0.198. The number of nitrogens with one attached hydrogen (secondary N) is 2. The molecule has 1 heterocycles. The van der Waals surface area contributed by atoms with Gasteiger partial charge in [0.05, 0.1) is 13.2 Å². The number of benzene rings is 1. The zero-order valence-corrected chi connectivity index (χ0v) is 18.4. The molecule has 0 radical (unpaired) electrons. The summed E-state index contributed by atoms with van der Waals surface area (Å²) in [5.41, 5.74) is 1.18. The first-order valence-corrected chi connectivity index (χ1v) is 10.5. The van der Waals surface area contributed by atoms with Crippen LogP contribution in [-0.2, 0) is 0 Å². The van der Waals surface area contributed by atoms with Crippen molar-refractivity contribution in [2.24, 2.45) is 4.99 Å². The molecular formula is C22H39N5O. The SMILES string of the molecule is CN=C(NCCCN1CCCCC1C)NCC(c1ccccc1OC)N(C)C. The van der Waals surface area contributed by atoms with E-state index in [4.69, 9.17) is 4.74 Å². The van der Waals surface area contributed by atoms with Gasteiger partial charge >= 0.3 is 0 Å². The Labute approximate surface area is 171 Å². The summed E-state index contributed by atoms with van der Waals surface area (Å²) in [5, 5.41) is 6.94. The second-order valence-electron chi connectivity index (χ2n) is 7.84. The molecule has 158 valence electrons. The van der Waals surface area contributed by atoms with Gasteiger partial charge in [0.2, 0.25) is 0 Å². The molecule has 0 saturated carbocycles. The van der Waals surface area contributed by atoms with Crippen molar-refractivity contribution in [2.45, 2.75) is 44.7 Å². The molecule has 0 amide bonds. The third kappa shape index (κ3) is 6.67. The number of methoxy groups -OCH3 is 1. The number of hydrogen-bond donors (Lipinski definition) is 2. The van der Waals surface area contributed by atoms with Gasteiger partial charge in [-0.3, -0.25) is 4.99 Å². The van der Waals surface area contributed by atoms with E-state index in [0.29, 0.717) is 0 Å². The summed E-state index contributed by atoms with van der Waals surface area (Å²) >= 11 is 0. The molecule has 2 rings (SSSR count). The predicted octanol–water partition coefficient (Wildman–Crippen LogP) is 2.73. The molecule has 0 aromatic heterocycles. The second-order valence-corrected chi connectivity index (χ2v) is 7.84. The average molecular weight is 390 g/mol. The number of para-hydroxylation sites is 1. The van der Waals surface area contributed by atoms with Crippen molar-refractivity contribution in [3.05, 3.63) is 29.8 Å². The molecule has 1 saturated heterocycles. The Bertz CT molecular complexity index is 604. The molecule has 0 aliphatic carbocycles. The van der Waals surface area contributed by atoms with Crippen molar-refractivity contribution < 1.29 is 4.74 Å². The molecule has 1 aliphatic heterocycles. The van der Waals surface area contributed by atoms with Gasteiger partial charge in [-0.2, -0.15) is 0 Å². The van der Waals surface area contributed by atoms with Crippen molar-refractivity contribution in [3.63, 3.8) is 0 Å². The molecule has 0 spiro atoms. The van der Waals surface area contributed by atoms with Crippen LogP contribution in [0.5, 0.6) is 5.75 Å². The number of nitrogens with zero attached hydrogens (tertiary/aromatic N) is 3. The third-order valence-corrected chi connectivity index (χ3v) is 5.66. The number of piperidine rings is 1. The Hall–Kier alpha value is -1.79. The molecule has 1 fully saturated rings. The number of ether oxygens (including phenoxy) is 1. The van der Waals surface area contributed by atoms with Gasteiger partial charge in [-0.25, -0.2) is 0 Å². The Morgan fingerprint density at radius 3 is 2.75 bits per heavy atom. The first kappa shape index (κ1) is 22.5. The monoisotopic (exact) mass is 389 g/mol. The van der Waals surface area contributed by atoms with E-state index < -0.39 is 0 Å². The summed E-state index contributed by atoms with van der Waals surface area (Å²) < 4.78 is 5.55. The zero-order valence-electron chi connectivity index (χ0n) is 18.4. The maximum Gasteiger partial charge on any atom is 0.191 e. The molecule has 1 aromatic carbocycles. The van der Waals surface area contributed by atoms with Gasteiger partial charge in [0.15, 0.2) is 5.96 Å². The standard InChI is InChI=1S/C22H39N5O/c1-18-11-8-9-15-27(18)16-10-14-24-22(23-2)25-17-20(26(3)4)19-12-6-7-13-21(19)28-5/h6-7,12-13,18,20H,8-11,14-17H2,1-5H3,(H2,23,24,25). The summed E-state index contributed by atoms with van der Waals surface area (Å²) in [5.74, 6) is 1.77. The topological polar surface area (TPSA) is 52.1 Å². The Morgan fingerprint density at radius 1 is 1.29 bits per heavy atom. The molecule has 2 N–H and O–H groups in total. The van der Waals surface area contributed by atoms with Crippen LogP contribution in [0.1, 0.15) is 44.2 Å². The Kier molecular flexibility index (Phi) is 9.58. The van der Waals surface area contributed by atoms with E-state index in [1.54, 1.807) is 7.11 Å². The fourth-order valence-electron chi connectivity index (χ4n) is 3.91. The molecule has 2 unspecified atom stereocenters. The van der Waals surface area contributed by atoms with Gasteiger partial charge in [0.25, 0.3) is 0 Å². The highest BCUT2D eigenvalue weighted by atomic mass is 16.5. The smallest absolute Gasteiger partial charge is 0.191 e. The highest BCUT2D eigenvalue weighted by molar-refractivity contribution is 5.79. The maximum absolute atomic E-state index is 5.55. The third-order valence-electron chi connectivity index (χ3n) is 5.66. The van der Waals surface area contributed by atoms with Crippen molar-refractivity contribution in [3.8, 4) is 5.75 Å². The lowest BCUT2D eigenvalue weighted by atomic mass is 10.0. The fraction of sp³-hybridized carbons (Fsp3) is 0.682. The molecule has 6 nitrogen and oxygen atoms in total. The minimum Gasteiger partial charge on any atom is -0.496 e. The summed E-state index contributed by atoms with van der Waals surface area (Å²) in [4.78, 5) is 9.21. The lowest BCUT2D eigenvalue weighted by Gasteiger charge is -2.33. The van der Waals surface area contributed by atoms with Crippen molar-refractivity contribution in [2.75, 3.05) is 54.4 Å². The number of hydrogen-bond acceptors (Lipinski definition) is 4. The van der Waals surface area contributed by atoms with Crippen LogP contribution < -0.4 is 15.4 Å². The largest absolute Gasteiger partial charge is 0.496 e. The van der Waals surface area contributed by atoms with E-state index in [9.17, 15) is 0 Å². The lowest BCUT2D eigenvalue weighted by Crippen LogP contribution is -2.43. The van der Waals surface area contributed by atoms with Gasteiger partial charge < -0.3 is 25.2 Å². The van der Waals surface area contributed by atoms with Gasteiger partial charge in [-0.05, 0) is 52.9 Å². The van der Waals surface area contributed by atoms with Crippen molar-refractivity contribution in [1.29, 1.82) is 0 Å². The Morgan fingerprint density at radius 2 is 2.07 bits per heavy atom. The molecule has 28 heavy (non-hydrogen) atoms. The van der Waals surface area contributed by atoms with Crippen LogP contribution in [0.2, 0.25) is 0 Å². The van der Waals surface area contributed by atoms with E-state index in [2.05, 4.69) is 58.6 Å². The number of aliphatic imine (C=N–C) groups is 1. The molecule has 0 bridgehead atoms. The van der Waals surface area contributed by atoms with E-state index in [0.717, 1.165) is 43.8 Å². The zero-order chi connectivity index (χ0) is 20.4. The number of rotatable bonds is 9. The van der Waals surface area contributed by atoms with Crippen molar-refractivity contribution >= 4 is 5.96 Å². The summed E-state index contributed by atoms with van der Waals surface area (Å²) in [7, 11) is 7.74. The van der Waals surface area contributed by atoms with Gasteiger partial charge in [0, 0.05) is 38.3 Å². The molecular weight excluding hydrogens is 350 g/mol. The molecule has 1 aromatic rings. The van der Waals surface area contributed by atoms with Crippen LogP contribution in [0.15, 0.2) is 29.3 Å².